The van der Waals surface area contributed by atoms with Gasteiger partial charge in [0.15, 0.2) is 0 Å². The molecule has 2 N–H and O–H groups in total. The molecule has 0 aliphatic carbocycles. The van der Waals surface area contributed by atoms with Crippen LogP contribution < -0.4 is 5.48 Å². The van der Waals surface area contributed by atoms with E-state index in [-0.39, 0.29) is 18.2 Å². The third-order valence-electron chi connectivity index (χ3n) is 3.18. The maximum Gasteiger partial charge on any atom is 0.244 e. The molecule has 2 amide bonds. The van der Waals surface area contributed by atoms with Crippen molar-refractivity contribution in [3.8, 4) is 0 Å². The van der Waals surface area contributed by atoms with E-state index in [1.54, 1.807) is 10.4 Å². The number of carbonyl (C=O) groups excluding carboxylic acids is 2. The van der Waals surface area contributed by atoms with Crippen LogP contribution in [0.3, 0.4) is 0 Å². The van der Waals surface area contributed by atoms with Crippen molar-refractivity contribution in [2.24, 2.45) is 5.92 Å². The molecule has 1 heterocycles. The Balaban J connectivity index is 1.93. The quantitative estimate of drug-likeness (QED) is 0.615. The molecule has 1 fully saturated rings. The van der Waals surface area contributed by atoms with Crippen molar-refractivity contribution in [3.05, 3.63) is 35.9 Å². The molecule has 0 spiro atoms. The molecule has 1 aliphatic heterocycles. The highest BCUT2D eigenvalue weighted by Crippen LogP contribution is 2.22. The molecule has 1 atom stereocenters. The second-order valence-corrected chi connectivity index (χ2v) is 4.47. The van der Waals surface area contributed by atoms with Gasteiger partial charge in [-0.05, 0) is 12.0 Å². The minimum absolute atomic E-state index is 0.0116. The molecule has 0 aromatic heterocycles. The molecule has 1 aromatic rings. The van der Waals surface area contributed by atoms with Gasteiger partial charge in [-0.2, -0.15) is 0 Å². The van der Waals surface area contributed by atoms with Gasteiger partial charge in [0.05, 0.1) is 0 Å². The summed E-state index contributed by atoms with van der Waals surface area (Å²) < 4.78 is 0. The standard InChI is InChI=1S/C13H16N2O3/c16-12(14-18)8-11-6-7-15(13(11)17)9-10-4-2-1-3-5-10/h1-5,11,18H,6-9H2,(H,14,16). The number of nitrogens with zero attached hydrogens (tertiary/aromatic N) is 1. The largest absolute Gasteiger partial charge is 0.338 e. The number of carbonyl (C=O) groups is 2. The Kier molecular flexibility index (Phi) is 3.94. The molecule has 1 unspecified atom stereocenters. The van der Waals surface area contributed by atoms with E-state index < -0.39 is 5.91 Å². The molecule has 96 valence electrons. The maximum atomic E-state index is 12.0. The lowest BCUT2D eigenvalue weighted by Crippen LogP contribution is -2.29. The minimum Gasteiger partial charge on any atom is -0.338 e. The Morgan fingerprint density at radius 1 is 1.39 bits per heavy atom. The Hall–Kier alpha value is -1.88. The average molecular weight is 248 g/mol. The topological polar surface area (TPSA) is 69.6 Å². The third kappa shape index (κ3) is 2.87. The number of hydrogen-bond acceptors (Lipinski definition) is 3. The summed E-state index contributed by atoms with van der Waals surface area (Å²) in [4.78, 5) is 24.8. The maximum absolute atomic E-state index is 12.0. The Bertz CT molecular complexity index is 433. The van der Waals surface area contributed by atoms with E-state index in [1.165, 1.54) is 0 Å². The number of benzene rings is 1. The van der Waals surface area contributed by atoms with Gasteiger partial charge in [-0.25, -0.2) is 5.48 Å². The van der Waals surface area contributed by atoms with Gasteiger partial charge in [-0.15, -0.1) is 0 Å². The van der Waals surface area contributed by atoms with Crippen molar-refractivity contribution >= 4 is 11.8 Å². The first kappa shape index (κ1) is 12.6. The molecule has 0 bridgehead atoms. The lowest BCUT2D eigenvalue weighted by molar-refractivity contribution is -0.137. The van der Waals surface area contributed by atoms with E-state index in [2.05, 4.69) is 0 Å². The van der Waals surface area contributed by atoms with Gasteiger partial charge in [-0.1, -0.05) is 30.3 Å². The molecular weight excluding hydrogens is 232 g/mol. The molecule has 18 heavy (non-hydrogen) atoms. The Labute approximate surface area is 105 Å². The summed E-state index contributed by atoms with van der Waals surface area (Å²) in [7, 11) is 0. The fourth-order valence-corrected chi connectivity index (χ4v) is 2.22. The normalized spacial score (nSPS) is 19.1. The van der Waals surface area contributed by atoms with Crippen molar-refractivity contribution < 1.29 is 14.8 Å². The molecule has 0 saturated carbocycles. The number of rotatable bonds is 4. The van der Waals surface area contributed by atoms with Crippen LogP contribution in [0.15, 0.2) is 30.3 Å². The summed E-state index contributed by atoms with van der Waals surface area (Å²) in [6, 6.07) is 9.75. The van der Waals surface area contributed by atoms with Crippen molar-refractivity contribution in [2.45, 2.75) is 19.4 Å². The summed E-state index contributed by atoms with van der Waals surface area (Å²) in [5, 5.41) is 8.46. The van der Waals surface area contributed by atoms with E-state index in [4.69, 9.17) is 5.21 Å². The summed E-state index contributed by atoms with van der Waals surface area (Å²) in [5.74, 6) is -0.821. The summed E-state index contributed by atoms with van der Waals surface area (Å²) in [6.07, 6.45) is 0.722. The van der Waals surface area contributed by atoms with E-state index in [0.29, 0.717) is 19.5 Å². The summed E-state index contributed by atoms with van der Waals surface area (Å²) in [5.41, 5.74) is 2.65. The highest BCUT2D eigenvalue weighted by atomic mass is 16.5. The third-order valence-corrected chi connectivity index (χ3v) is 3.18. The first-order chi connectivity index (χ1) is 8.70. The van der Waals surface area contributed by atoms with Crippen LogP contribution in [0.2, 0.25) is 0 Å². The number of amides is 2. The second kappa shape index (κ2) is 5.64. The van der Waals surface area contributed by atoms with Crippen LogP contribution in [-0.2, 0) is 16.1 Å². The van der Waals surface area contributed by atoms with Crippen LogP contribution in [0.25, 0.3) is 0 Å². The average Bonchev–Trinajstić information content (AvgIpc) is 2.73. The van der Waals surface area contributed by atoms with Crippen LogP contribution >= 0.6 is 0 Å². The smallest absolute Gasteiger partial charge is 0.244 e. The number of nitrogens with one attached hydrogen (secondary N) is 1. The zero-order valence-corrected chi connectivity index (χ0v) is 10.0. The monoisotopic (exact) mass is 248 g/mol. The lowest BCUT2D eigenvalue weighted by Gasteiger charge is -2.16. The van der Waals surface area contributed by atoms with Crippen molar-refractivity contribution in [3.63, 3.8) is 0 Å². The van der Waals surface area contributed by atoms with Crippen LogP contribution in [0.4, 0.5) is 0 Å². The molecule has 5 heteroatoms. The molecule has 1 saturated heterocycles. The fourth-order valence-electron chi connectivity index (χ4n) is 2.22. The number of likely N-dealkylation sites (tertiary alicyclic amines) is 1. The van der Waals surface area contributed by atoms with Gasteiger partial charge < -0.3 is 4.90 Å². The Morgan fingerprint density at radius 3 is 2.78 bits per heavy atom. The van der Waals surface area contributed by atoms with Gasteiger partial charge in [0.25, 0.3) is 0 Å². The van der Waals surface area contributed by atoms with Crippen LogP contribution in [0.5, 0.6) is 0 Å². The fraction of sp³-hybridized carbons (Fsp3) is 0.385. The molecular formula is C13H16N2O3. The predicted molar refractivity (Wildman–Crippen MR) is 64.5 cm³/mol. The van der Waals surface area contributed by atoms with Crippen molar-refractivity contribution in [1.29, 1.82) is 0 Å². The second-order valence-electron chi connectivity index (χ2n) is 4.47. The molecule has 1 aliphatic rings. The van der Waals surface area contributed by atoms with Crippen LogP contribution in [-0.4, -0.2) is 28.5 Å². The zero-order valence-electron chi connectivity index (χ0n) is 10.0. The van der Waals surface area contributed by atoms with Gasteiger partial charge in [0.2, 0.25) is 11.8 Å². The number of hydrogen-bond donors (Lipinski definition) is 2. The van der Waals surface area contributed by atoms with Gasteiger partial charge in [0, 0.05) is 25.4 Å². The van der Waals surface area contributed by atoms with Gasteiger partial charge >= 0.3 is 0 Å². The Morgan fingerprint density at radius 2 is 2.11 bits per heavy atom. The SMILES string of the molecule is O=C(CC1CCN(Cc2ccccc2)C1=O)NO. The molecule has 2 rings (SSSR count). The first-order valence-electron chi connectivity index (χ1n) is 5.96. The van der Waals surface area contributed by atoms with E-state index in [9.17, 15) is 9.59 Å². The summed E-state index contributed by atoms with van der Waals surface area (Å²) >= 11 is 0. The van der Waals surface area contributed by atoms with E-state index >= 15 is 0 Å². The molecule has 5 nitrogen and oxygen atoms in total. The summed E-state index contributed by atoms with van der Waals surface area (Å²) in [6.45, 7) is 1.24. The minimum atomic E-state index is -0.505. The van der Waals surface area contributed by atoms with Crippen LogP contribution in [0, 0.1) is 5.92 Å². The highest BCUT2D eigenvalue weighted by molar-refractivity contribution is 5.86. The highest BCUT2D eigenvalue weighted by Gasteiger charge is 2.32. The molecule has 1 aromatic carbocycles. The predicted octanol–water partition coefficient (Wildman–Crippen LogP) is 0.931. The van der Waals surface area contributed by atoms with Gasteiger partial charge in [-0.3, -0.25) is 14.8 Å². The lowest BCUT2D eigenvalue weighted by atomic mass is 10.0. The first-order valence-corrected chi connectivity index (χ1v) is 5.96. The van der Waals surface area contributed by atoms with Gasteiger partial charge in [0.1, 0.15) is 0 Å². The van der Waals surface area contributed by atoms with E-state index in [1.807, 2.05) is 30.3 Å². The van der Waals surface area contributed by atoms with Crippen molar-refractivity contribution in [2.75, 3.05) is 6.54 Å². The number of hydroxylamine groups is 1. The molecule has 0 radical (unpaired) electrons. The van der Waals surface area contributed by atoms with Crippen LogP contribution in [0.1, 0.15) is 18.4 Å². The zero-order chi connectivity index (χ0) is 13.0. The van der Waals surface area contributed by atoms with E-state index in [0.717, 1.165) is 5.56 Å². The van der Waals surface area contributed by atoms with Crippen molar-refractivity contribution in [1.82, 2.24) is 10.4 Å².